The smallest absolute Gasteiger partial charge is 0.161 e. The van der Waals surface area contributed by atoms with Crippen molar-refractivity contribution in [3.8, 4) is 6.07 Å². The van der Waals surface area contributed by atoms with Gasteiger partial charge >= 0.3 is 0 Å². The van der Waals surface area contributed by atoms with E-state index in [0.717, 1.165) is 51.4 Å². The van der Waals surface area contributed by atoms with Crippen molar-refractivity contribution in [3.63, 3.8) is 0 Å². The Bertz CT molecular complexity index is 489. The summed E-state index contributed by atoms with van der Waals surface area (Å²) in [6.07, 6.45) is 15.6. The molecular weight excluding hydrogens is 353 g/mol. The Hall–Kier alpha value is -0.950. The van der Waals surface area contributed by atoms with E-state index in [-0.39, 0.29) is 42.4 Å². The molecule has 1 saturated carbocycles. The van der Waals surface area contributed by atoms with Gasteiger partial charge in [0.05, 0.1) is 18.8 Å². The van der Waals surface area contributed by atoms with Crippen molar-refractivity contribution < 1.29 is 13.9 Å². The summed E-state index contributed by atoms with van der Waals surface area (Å²) in [5, 5.41) is 9.36. The molecule has 2 aliphatic heterocycles. The molecule has 2 bridgehead atoms. The van der Waals surface area contributed by atoms with Gasteiger partial charge in [-0.3, -0.25) is 9.18 Å². The number of hydrogen-bond acceptors (Lipinski definition) is 3. The summed E-state index contributed by atoms with van der Waals surface area (Å²) in [4.78, 5) is 12.5. The fourth-order valence-electron chi connectivity index (χ4n) is 4.98. The van der Waals surface area contributed by atoms with Gasteiger partial charge in [0, 0.05) is 18.3 Å². The second kappa shape index (κ2) is 13.3. The standard InChI is InChI=1S/C24H40FNO2/c1-2-3-4-5-6-7-8-11-19(18-26)12-9-10-13-22(27)24-20-14-15-23(28-24)21(16-20)17-25/h19-21,23-24H,2-17H2,1H3. The van der Waals surface area contributed by atoms with E-state index in [4.69, 9.17) is 4.74 Å². The van der Waals surface area contributed by atoms with Gasteiger partial charge in [-0.15, -0.1) is 0 Å². The molecule has 5 atom stereocenters. The van der Waals surface area contributed by atoms with Crippen LogP contribution in [0.2, 0.25) is 0 Å². The third-order valence-corrected chi connectivity index (χ3v) is 6.78. The van der Waals surface area contributed by atoms with Crippen LogP contribution < -0.4 is 0 Å². The summed E-state index contributed by atoms with van der Waals surface area (Å²) < 4.78 is 18.9. The maximum absolute atomic E-state index is 13.0. The van der Waals surface area contributed by atoms with Crippen molar-refractivity contribution in [2.45, 2.75) is 115 Å². The van der Waals surface area contributed by atoms with Crippen molar-refractivity contribution in [2.24, 2.45) is 17.8 Å². The Morgan fingerprint density at radius 2 is 1.75 bits per heavy atom. The number of nitriles is 1. The Labute approximate surface area is 171 Å². The highest BCUT2D eigenvalue weighted by Crippen LogP contribution is 2.42. The molecule has 160 valence electrons. The zero-order chi connectivity index (χ0) is 20.2. The summed E-state index contributed by atoms with van der Waals surface area (Å²) >= 11 is 0. The van der Waals surface area contributed by atoms with Gasteiger partial charge < -0.3 is 4.74 Å². The first-order valence-electron chi connectivity index (χ1n) is 11.8. The minimum Gasteiger partial charge on any atom is -0.367 e. The molecule has 2 heterocycles. The number of Topliss-reactive ketones (excluding diaryl/α,β-unsaturated/α-hetero) is 1. The summed E-state index contributed by atoms with van der Waals surface area (Å²) in [6.45, 7) is 1.91. The van der Waals surface area contributed by atoms with Crippen LogP contribution >= 0.6 is 0 Å². The SMILES string of the molecule is CCCCCCCCCC(C#N)CCCCC(=O)C1OC2CCC1CC2CF. The van der Waals surface area contributed by atoms with Crippen LogP contribution in [0.5, 0.6) is 0 Å². The summed E-state index contributed by atoms with van der Waals surface area (Å²) in [5.41, 5.74) is 0. The minimum atomic E-state index is -0.323. The van der Waals surface area contributed by atoms with Crippen LogP contribution in [0, 0.1) is 29.1 Å². The molecule has 0 amide bonds. The van der Waals surface area contributed by atoms with Crippen molar-refractivity contribution in [1.82, 2.24) is 0 Å². The number of ether oxygens (including phenoxy) is 1. The Morgan fingerprint density at radius 3 is 2.36 bits per heavy atom. The molecule has 3 fully saturated rings. The maximum Gasteiger partial charge on any atom is 0.161 e. The number of ketones is 1. The van der Waals surface area contributed by atoms with Gasteiger partial charge in [-0.2, -0.15) is 5.26 Å². The van der Waals surface area contributed by atoms with Gasteiger partial charge in [-0.1, -0.05) is 58.3 Å². The highest BCUT2D eigenvalue weighted by molar-refractivity contribution is 5.83. The molecule has 0 aromatic heterocycles. The number of nitrogens with zero attached hydrogens (tertiary/aromatic N) is 1. The lowest BCUT2D eigenvalue weighted by Gasteiger charge is -2.45. The third-order valence-electron chi connectivity index (χ3n) is 6.78. The van der Waals surface area contributed by atoms with Crippen molar-refractivity contribution in [2.75, 3.05) is 6.67 Å². The van der Waals surface area contributed by atoms with Crippen LogP contribution in [-0.2, 0) is 9.53 Å². The average molecular weight is 394 g/mol. The van der Waals surface area contributed by atoms with Gasteiger partial charge in [0.1, 0.15) is 6.10 Å². The Morgan fingerprint density at radius 1 is 1.07 bits per heavy atom. The van der Waals surface area contributed by atoms with E-state index in [1.165, 1.54) is 38.5 Å². The first-order valence-corrected chi connectivity index (χ1v) is 11.8. The van der Waals surface area contributed by atoms with E-state index in [2.05, 4.69) is 13.0 Å². The molecule has 0 aromatic carbocycles. The molecule has 3 nitrogen and oxygen atoms in total. The zero-order valence-corrected chi connectivity index (χ0v) is 17.8. The van der Waals surface area contributed by atoms with Gasteiger partial charge in [-0.05, 0) is 44.4 Å². The maximum atomic E-state index is 13.0. The van der Waals surface area contributed by atoms with Crippen molar-refractivity contribution in [3.05, 3.63) is 0 Å². The van der Waals surface area contributed by atoms with Gasteiger partial charge in [-0.25, -0.2) is 0 Å². The lowest BCUT2D eigenvalue weighted by Crippen LogP contribution is -2.50. The van der Waals surface area contributed by atoms with Crippen LogP contribution in [0.3, 0.4) is 0 Å². The Balaban J connectivity index is 1.54. The van der Waals surface area contributed by atoms with Crippen molar-refractivity contribution in [1.29, 1.82) is 5.26 Å². The molecular formula is C24H40FNO2. The number of carbonyl (C=O) groups excluding carboxylic acids is 1. The molecule has 1 aliphatic carbocycles. The lowest BCUT2D eigenvalue weighted by atomic mass is 9.73. The second-order valence-electron chi connectivity index (χ2n) is 9.03. The van der Waals surface area contributed by atoms with E-state index in [0.29, 0.717) is 6.42 Å². The molecule has 28 heavy (non-hydrogen) atoms. The quantitative estimate of drug-likeness (QED) is 0.296. The fourth-order valence-corrected chi connectivity index (χ4v) is 4.98. The number of unbranched alkanes of at least 4 members (excludes halogenated alkanes) is 7. The molecule has 0 aromatic rings. The predicted molar refractivity (Wildman–Crippen MR) is 111 cm³/mol. The molecule has 4 heteroatoms. The lowest BCUT2D eigenvalue weighted by molar-refractivity contribution is -0.174. The molecule has 0 spiro atoms. The van der Waals surface area contributed by atoms with Gasteiger partial charge in [0.15, 0.2) is 5.78 Å². The molecule has 2 saturated heterocycles. The topological polar surface area (TPSA) is 50.1 Å². The summed E-state index contributed by atoms with van der Waals surface area (Å²) in [5.74, 6) is 0.568. The van der Waals surface area contributed by atoms with Crippen LogP contribution in [0.25, 0.3) is 0 Å². The minimum absolute atomic E-state index is 0.00540. The number of alkyl halides is 1. The molecule has 3 aliphatic rings. The van der Waals surface area contributed by atoms with Crippen LogP contribution in [0.1, 0.15) is 103 Å². The van der Waals surface area contributed by atoms with E-state index < -0.39 is 0 Å². The molecule has 0 radical (unpaired) electrons. The summed E-state index contributed by atoms with van der Waals surface area (Å²) in [7, 11) is 0. The van der Waals surface area contributed by atoms with Gasteiger partial charge in [0.2, 0.25) is 0 Å². The number of rotatable bonds is 15. The number of hydrogen-bond donors (Lipinski definition) is 0. The highest BCUT2D eigenvalue weighted by Gasteiger charge is 2.45. The average Bonchev–Trinajstić information content (AvgIpc) is 2.74. The van der Waals surface area contributed by atoms with Crippen molar-refractivity contribution >= 4 is 5.78 Å². The number of carbonyl (C=O) groups is 1. The first kappa shape index (κ1) is 23.3. The predicted octanol–water partition coefficient (Wildman–Crippen LogP) is 6.55. The zero-order valence-electron chi connectivity index (χ0n) is 17.8. The molecule has 3 rings (SSSR count). The van der Waals surface area contributed by atoms with Gasteiger partial charge in [0.25, 0.3) is 0 Å². The summed E-state index contributed by atoms with van der Waals surface area (Å²) in [6, 6.07) is 2.45. The van der Waals surface area contributed by atoms with E-state index in [1.54, 1.807) is 0 Å². The van der Waals surface area contributed by atoms with E-state index in [1.807, 2.05) is 0 Å². The Kier molecular flexibility index (Phi) is 11.1. The highest BCUT2D eigenvalue weighted by atomic mass is 19.1. The molecule has 5 unspecified atom stereocenters. The van der Waals surface area contributed by atoms with E-state index in [9.17, 15) is 14.4 Å². The molecule has 0 N–H and O–H groups in total. The normalized spacial score (nSPS) is 27.5. The number of halogens is 1. The van der Waals surface area contributed by atoms with Crippen LogP contribution in [-0.4, -0.2) is 24.7 Å². The monoisotopic (exact) mass is 393 g/mol. The van der Waals surface area contributed by atoms with Crippen LogP contribution in [0.15, 0.2) is 0 Å². The number of fused-ring (bicyclic) bond motifs is 3. The second-order valence-corrected chi connectivity index (χ2v) is 9.03. The first-order chi connectivity index (χ1) is 13.7. The van der Waals surface area contributed by atoms with E-state index >= 15 is 0 Å². The van der Waals surface area contributed by atoms with Crippen LogP contribution in [0.4, 0.5) is 4.39 Å². The fraction of sp³-hybridized carbons (Fsp3) is 0.917. The third kappa shape index (κ3) is 7.47. The largest absolute Gasteiger partial charge is 0.367 e.